The molecule has 0 atom stereocenters. The fraction of sp³-hybridized carbons (Fsp3) is 0.692. The number of hydrogen-bond donors (Lipinski definition) is 1. The minimum Gasteiger partial charge on any atom is -0.461 e. The molecule has 2 rings (SSSR count). The molecule has 2 heterocycles. The number of imidazole rings is 1. The lowest BCUT2D eigenvalue weighted by Gasteiger charge is -2.26. The molecule has 1 aromatic rings. The van der Waals surface area contributed by atoms with Crippen molar-refractivity contribution in [3.63, 3.8) is 0 Å². The molecule has 7 nitrogen and oxygen atoms in total. The van der Waals surface area contributed by atoms with Crippen molar-refractivity contribution in [3.05, 3.63) is 11.5 Å². The lowest BCUT2D eigenvalue weighted by Crippen LogP contribution is -2.38. The van der Waals surface area contributed by atoms with Crippen molar-refractivity contribution >= 4 is 11.8 Å². The van der Waals surface area contributed by atoms with Gasteiger partial charge in [-0.15, -0.1) is 0 Å². The number of morpholine rings is 1. The molecule has 0 radical (unpaired) electrons. The van der Waals surface area contributed by atoms with E-state index in [2.05, 4.69) is 9.88 Å². The Hall–Kier alpha value is -1.60. The van der Waals surface area contributed by atoms with E-state index in [4.69, 9.17) is 15.2 Å². The smallest absolute Gasteiger partial charge is 0.360 e. The molecule has 1 aromatic heterocycles. The third-order valence-corrected chi connectivity index (χ3v) is 3.41. The number of nitrogens with two attached hydrogens (primary N) is 1. The molecule has 1 fully saturated rings. The number of esters is 1. The maximum absolute atomic E-state index is 11.7. The summed E-state index contributed by atoms with van der Waals surface area (Å²) in [5.41, 5.74) is 6.22. The number of aromatic nitrogens is 2. The lowest BCUT2D eigenvalue weighted by atomic mass is 10.4. The summed E-state index contributed by atoms with van der Waals surface area (Å²) < 4.78 is 12.1. The molecule has 0 aromatic carbocycles. The van der Waals surface area contributed by atoms with Gasteiger partial charge in [-0.05, 0) is 13.8 Å². The Bertz CT molecular complexity index is 466. The Morgan fingerprint density at radius 1 is 1.40 bits per heavy atom. The SMILES string of the molecule is CCOC(=O)c1nc(C)n(CCN2CCOCC2)c1N. The van der Waals surface area contributed by atoms with Crippen molar-refractivity contribution in [2.45, 2.75) is 20.4 Å². The molecule has 20 heavy (non-hydrogen) atoms. The Morgan fingerprint density at radius 3 is 2.75 bits per heavy atom. The van der Waals surface area contributed by atoms with Gasteiger partial charge in [0.15, 0.2) is 5.69 Å². The number of nitrogens with zero attached hydrogens (tertiary/aromatic N) is 3. The number of aryl methyl sites for hydroxylation is 1. The van der Waals surface area contributed by atoms with E-state index in [0.29, 0.717) is 19.0 Å². The molecule has 0 amide bonds. The average Bonchev–Trinajstić information content (AvgIpc) is 2.73. The topological polar surface area (TPSA) is 82.6 Å². The second-order valence-corrected chi connectivity index (χ2v) is 4.72. The molecule has 0 unspecified atom stereocenters. The summed E-state index contributed by atoms with van der Waals surface area (Å²) in [6.45, 7) is 8.90. The summed E-state index contributed by atoms with van der Waals surface area (Å²) in [5.74, 6) is 0.659. The van der Waals surface area contributed by atoms with Gasteiger partial charge >= 0.3 is 5.97 Å². The van der Waals surface area contributed by atoms with Crippen molar-refractivity contribution in [3.8, 4) is 0 Å². The van der Waals surface area contributed by atoms with Gasteiger partial charge < -0.3 is 19.8 Å². The van der Waals surface area contributed by atoms with Crippen LogP contribution in [0.4, 0.5) is 5.82 Å². The van der Waals surface area contributed by atoms with Gasteiger partial charge in [-0.2, -0.15) is 0 Å². The fourth-order valence-corrected chi connectivity index (χ4v) is 2.28. The van der Waals surface area contributed by atoms with E-state index < -0.39 is 5.97 Å². The number of carbonyl (C=O) groups is 1. The first kappa shape index (κ1) is 14.8. The van der Waals surface area contributed by atoms with Crippen molar-refractivity contribution in [2.24, 2.45) is 0 Å². The van der Waals surface area contributed by atoms with Crippen molar-refractivity contribution in [1.82, 2.24) is 14.5 Å². The van der Waals surface area contributed by atoms with E-state index in [1.807, 2.05) is 11.5 Å². The van der Waals surface area contributed by atoms with E-state index in [9.17, 15) is 4.79 Å². The molecule has 0 spiro atoms. The predicted octanol–water partition coefficient (Wildman–Crippen LogP) is 0.283. The molecule has 0 bridgehead atoms. The highest BCUT2D eigenvalue weighted by atomic mass is 16.5. The number of hydrogen-bond acceptors (Lipinski definition) is 6. The van der Waals surface area contributed by atoms with Crippen molar-refractivity contribution < 1.29 is 14.3 Å². The molecule has 0 aliphatic carbocycles. The van der Waals surface area contributed by atoms with Crippen LogP contribution in [0.1, 0.15) is 23.2 Å². The Morgan fingerprint density at radius 2 is 2.10 bits per heavy atom. The molecular formula is C13H22N4O3. The van der Waals surface area contributed by atoms with Gasteiger partial charge in [-0.3, -0.25) is 4.90 Å². The highest BCUT2D eigenvalue weighted by Crippen LogP contribution is 2.15. The van der Waals surface area contributed by atoms with Gasteiger partial charge in [0, 0.05) is 26.2 Å². The zero-order valence-corrected chi connectivity index (χ0v) is 12.1. The quantitative estimate of drug-likeness (QED) is 0.781. The van der Waals surface area contributed by atoms with E-state index >= 15 is 0 Å². The fourth-order valence-electron chi connectivity index (χ4n) is 2.28. The van der Waals surface area contributed by atoms with Crippen molar-refractivity contribution in [2.75, 3.05) is 45.2 Å². The average molecular weight is 282 g/mol. The minimum atomic E-state index is -0.460. The number of ether oxygens (including phenoxy) is 2. The second kappa shape index (κ2) is 6.71. The molecule has 7 heteroatoms. The number of anilines is 1. The van der Waals surface area contributed by atoms with Gasteiger partial charge in [0.2, 0.25) is 0 Å². The minimum absolute atomic E-state index is 0.214. The Balaban J connectivity index is 2.02. The summed E-state index contributed by atoms with van der Waals surface area (Å²) in [5, 5.41) is 0. The first-order valence-electron chi connectivity index (χ1n) is 6.93. The molecule has 1 saturated heterocycles. The zero-order valence-electron chi connectivity index (χ0n) is 12.1. The van der Waals surface area contributed by atoms with Crippen LogP contribution in [0.3, 0.4) is 0 Å². The highest BCUT2D eigenvalue weighted by molar-refractivity contribution is 5.92. The summed E-state index contributed by atoms with van der Waals surface area (Å²) in [6, 6.07) is 0. The molecule has 112 valence electrons. The standard InChI is InChI=1S/C13H22N4O3/c1-3-20-13(18)11-12(14)17(10(2)15-11)5-4-16-6-8-19-9-7-16/h3-9,14H2,1-2H3. The Kier molecular flexibility index (Phi) is 4.97. The van der Waals surface area contributed by atoms with E-state index in [0.717, 1.165) is 38.7 Å². The van der Waals surface area contributed by atoms with Crippen LogP contribution in [0, 0.1) is 6.92 Å². The molecular weight excluding hydrogens is 260 g/mol. The van der Waals surface area contributed by atoms with Crippen molar-refractivity contribution in [1.29, 1.82) is 0 Å². The van der Waals surface area contributed by atoms with Crippen LogP contribution in [0.25, 0.3) is 0 Å². The molecule has 2 N–H and O–H groups in total. The summed E-state index contributed by atoms with van der Waals surface area (Å²) >= 11 is 0. The van der Waals surface area contributed by atoms with Gasteiger partial charge in [-0.25, -0.2) is 9.78 Å². The number of carbonyl (C=O) groups excluding carboxylic acids is 1. The molecule has 1 aliphatic rings. The van der Waals surface area contributed by atoms with Crippen LogP contribution in [0.15, 0.2) is 0 Å². The van der Waals surface area contributed by atoms with Gasteiger partial charge in [-0.1, -0.05) is 0 Å². The van der Waals surface area contributed by atoms with Crippen LogP contribution >= 0.6 is 0 Å². The van der Waals surface area contributed by atoms with Crippen LogP contribution < -0.4 is 5.73 Å². The maximum Gasteiger partial charge on any atom is 0.360 e. The monoisotopic (exact) mass is 282 g/mol. The lowest BCUT2D eigenvalue weighted by molar-refractivity contribution is 0.0364. The van der Waals surface area contributed by atoms with Gasteiger partial charge in [0.05, 0.1) is 19.8 Å². The largest absolute Gasteiger partial charge is 0.461 e. The summed E-state index contributed by atoms with van der Waals surface area (Å²) in [4.78, 5) is 18.3. The normalized spacial score (nSPS) is 16.3. The van der Waals surface area contributed by atoms with E-state index in [1.165, 1.54) is 0 Å². The third-order valence-electron chi connectivity index (χ3n) is 3.41. The zero-order chi connectivity index (χ0) is 14.5. The van der Waals surface area contributed by atoms with E-state index in [1.54, 1.807) is 6.92 Å². The highest BCUT2D eigenvalue weighted by Gasteiger charge is 2.20. The van der Waals surface area contributed by atoms with E-state index in [-0.39, 0.29) is 5.69 Å². The first-order valence-corrected chi connectivity index (χ1v) is 6.93. The Labute approximate surface area is 118 Å². The maximum atomic E-state index is 11.7. The van der Waals surface area contributed by atoms with Gasteiger partial charge in [0.1, 0.15) is 11.6 Å². The van der Waals surface area contributed by atoms with Crippen LogP contribution in [0.2, 0.25) is 0 Å². The first-order chi connectivity index (χ1) is 9.63. The summed E-state index contributed by atoms with van der Waals surface area (Å²) in [7, 11) is 0. The third kappa shape index (κ3) is 3.29. The van der Waals surface area contributed by atoms with Crippen LogP contribution in [-0.2, 0) is 16.0 Å². The van der Waals surface area contributed by atoms with Crippen LogP contribution in [-0.4, -0.2) is 59.9 Å². The molecule has 0 saturated carbocycles. The van der Waals surface area contributed by atoms with Gasteiger partial charge in [0.25, 0.3) is 0 Å². The second-order valence-electron chi connectivity index (χ2n) is 4.72. The predicted molar refractivity (Wildman–Crippen MR) is 74.6 cm³/mol. The number of nitrogen functional groups attached to an aromatic ring is 1. The molecule has 1 aliphatic heterocycles. The van der Waals surface area contributed by atoms with Crippen LogP contribution in [0.5, 0.6) is 0 Å². The summed E-state index contributed by atoms with van der Waals surface area (Å²) in [6.07, 6.45) is 0. The number of rotatable bonds is 5.